The average Bonchev–Trinajstić information content (AvgIpc) is 0.842. The molecule has 0 amide bonds. The molecule has 0 atom stereocenters. The molecule has 0 aliphatic carbocycles. The topological polar surface area (TPSA) is 143 Å². The number of halogens is 7. The summed E-state index contributed by atoms with van der Waals surface area (Å²) in [6, 6.07) is 68.3. The van der Waals surface area contributed by atoms with E-state index in [2.05, 4.69) is 12.6 Å². The van der Waals surface area contributed by atoms with Crippen LogP contribution < -0.4 is 18.9 Å². The SMILES string of the molecule is CC(=O)c1ccc(F)cc1.CC(=O)c1ccc(Sc2ccccc2Cl)cc1.CC(C)(F)c1ccc(S(=O)(=O)c2ccccc2Cl)cc1.CC(C)(O)c1ccc(S(=O)(=O)c2ccccc2Cl)cc1.CC(C)(O)c1ccc(Sc2ccccc2Cl)cc1.Sc1ccccc1Cl.[CH3-].[Li+]. The molecule has 0 unspecified atom stereocenters. The fourth-order valence-electron chi connectivity index (χ4n) is 7.79. The Morgan fingerprint density at radius 3 is 0.989 bits per heavy atom. The number of alkyl halides is 1. The first kappa shape index (κ1) is 83.5. The van der Waals surface area contributed by atoms with Crippen molar-refractivity contribution in [2.24, 2.45) is 0 Å². The van der Waals surface area contributed by atoms with Gasteiger partial charge in [0.1, 0.15) is 11.5 Å². The van der Waals surface area contributed by atoms with Crippen molar-refractivity contribution in [1.82, 2.24) is 0 Å². The van der Waals surface area contributed by atoms with Crippen LogP contribution in [0.5, 0.6) is 0 Å². The molecular weight excluding hydrogens is 1400 g/mol. The van der Waals surface area contributed by atoms with E-state index < -0.39 is 36.5 Å². The van der Waals surface area contributed by atoms with Crippen LogP contribution in [-0.2, 0) is 36.5 Å². The molecule has 0 spiro atoms. The van der Waals surface area contributed by atoms with Crippen molar-refractivity contribution in [3.05, 3.63) is 309 Å². The number of rotatable bonds is 13. The quantitative estimate of drug-likeness (QED) is 0.0442. The number of thiol groups is 1. The number of ketones is 2. The zero-order chi connectivity index (χ0) is 68.9. The van der Waals surface area contributed by atoms with Crippen molar-refractivity contribution in [2.45, 2.75) is 116 Å². The Kier molecular flexibility index (Phi) is 33.8. The summed E-state index contributed by atoms with van der Waals surface area (Å²) >= 11 is 37.0. The predicted molar refractivity (Wildman–Crippen MR) is 387 cm³/mol. The van der Waals surface area contributed by atoms with Gasteiger partial charge in [-0.3, -0.25) is 9.59 Å². The maximum absolute atomic E-state index is 13.8. The molecular formula is C74H70Cl5F2LiO8S5. The molecule has 494 valence electrons. The molecule has 2 N–H and O–H groups in total. The molecule has 0 bridgehead atoms. The maximum Gasteiger partial charge on any atom is 1.00 e. The molecule has 10 aromatic rings. The molecule has 10 rings (SSSR count). The summed E-state index contributed by atoms with van der Waals surface area (Å²) < 4.78 is 75.8. The van der Waals surface area contributed by atoms with Crippen LogP contribution in [0.15, 0.2) is 287 Å². The zero-order valence-electron chi connectivity index (χ0n) is 53.7. The van der Waals surface area contributed by atoms with Crippen LogP contribution in [0.4, 0.5) is 8.78 Å². The summed E-state index contributed by atoms with van der Waals surface area (Å²) in [4.78, 5) is 27.2. The number of hydrogen-bond donors (Lipinski definition) is 3. The van der Waals surface area contributed by atoms with Crippen molar-refractivity contribution in [1.29, 1.82) is 0 Å². The van der Waals surface area contributed by atoms with Gasteiger partial charge in [0.25, 0.3) is 0 Å². The first-order valence-electron chi connectivity index (χ1n) is 28.2. The van der Waals surface area contributed by atoms with Gasteiger partial charge in [-0.05, 0) is 206 Å². The smallest absolute Gasteiger partial charge is 0.386 e. The van der Waals surface area contributed by atoms with Gasteiger partial charge in [0.2, 0.25) is 19.7 Å². The van der Waals surface area contributed by atoms with Crippen LogP contribution in [0.25, 0.3) is 0 Å². The predicted octanol–water partition coefficient (Wildman–Crippen LogP) is 19.3. The Hall–Kier alpha value is -5.68. The van der Waals surface area contributed by atoms with Gasteiger partial charge < -0.3 is 17.6 Å². The molecule has 21 heteroatoms. The fraction of sp³-hybridized carbons (Fsp3) is 0.149. The number of Topliss-reactive ketones (excluding diaryl/α,β-unsaturated/α-hetero) is 2. The van der Waals surface area contributed by atoms with E-state index in [4.69, 9.17) is 58.0 Å². The molecule has 10 aromatic carbocycles. The molecule has 0 aliphatic rings. The summed E-state index contributed by atoms with van der Waals surface area (Å²) in [6.45, 7) is 12.7. The summed E-state index contributed by atoms with van der Waals surface area (Å²) in [5.74, 6) is -0.274. The first-order valence-corrected chi connectivity index (χ1v) is 35.1. The Morgan fingerprint density at radius 2 is 0.695 bits per heavy atom. The van der Waals surface area contributed by atoms with Crippen molar-refractivity contribution in [3.63, 3.8) is 0 Å². The molecule has 8 nitrogen and oxygen atoms in total. The number of sulfone groups is 2. The van der Waals surface area contributed by atoms with Crippen LogP contribution in [0.2, 0.25) is 25.1 Å². The second-order valence-electron chi connectivity index (χ2n) is 21.7. The van der Waals surface area contributed by atoms with Crippen LogP contribution in [0.1, 0.15) is 92.8 Å². The van der Waals surface area contributed by atoms with Crippen molar-refractivity contribution in [2.75, 3.05) is 0 Å². The summed E-state index contributed by atoms with van der Waals surface area (Å²) in [5.41, 5.74) is -0.0559. The number of aliphatic hydroxyl groups is 2. The number of carbonyl (C=O) groups excluding carboxylic acids is 2. The number of hydrogen-bond acceptors (Lipinski definition) is 11. The van der Waals surface area contributed by atoms with Crippen molar-refractivity contribution >= 4 is 125 Å². The van der Waals surface area contributed by atoms with E-state index >= 15 is 0 Å². The van der Waals surface area contributed by atoms with E-state index in [-0.39, 0.29) is 73.3 Å². The Balaban J connectivity index is 0.000000302. The minimum Gasteiger partial charge on any atom is -0.386 e. The summed E-state index contributed by atoms with van der Waals surface area (Å²) in [5, 5.41) is 22.3. The summed E-state index contributed by atoms with van der Waals surface area (Å²) in [6.07, 6.45) is 0. The second kappa shape index (κ2) is 38.5. The minimum atomic E-state index is -3.69. The van der Waals surface area contributed by atoms with Gasteiger partial charge >= 0.3 is 18.9 Å². The average molecular weight is 1470 g/mol. The van der Waals surface area contributed by atoms with Gasteiger partial charge in [-0.2, -0.15) is 0 Å². The van der Waals surface area contributed by atoms with E-state index in [1.807, 2.05) is 121 Å². The molecule has 0 radical (unpaired) electrons. The Bertz CT molecular complexity index is 4170. The second-order valence-corrected chi connectivity index (χ2v) is 30.3. The first-order chi connectivity index (χ1) is 43.6. The Morgan fingerprint density at radius 1 is 0.411 bits per heavy atom. The van der Waals surface area contributed by atoms with Crippen LogP contribution in [0.3, 0.4) is 0 Å². The largest absolute Gasteiger partial charge is 1.00 e. The number of benzene rings is 10. The van der Waals surface area contributed by atoms with Crippen LogP contribution in [-0.4, -0.2) is 38.6 Å². The third-order valence-corrected chi connectivity index (χ3v) is 21.5. The molecule has 0 aromatic heterocycles. The standard InChI is InChI=1S/C15H14ClFO2S.C15H15ClO3S.C15H15ClOS.C14H11ClOS.C8H7FO.C6H5ClS.CH3.Li/c2*1-15(2,17)11-7-9-12(10-8-11)20(18,19)14-6-4-3-5-13(14)16;1-15(2,17)11-7-9-12(10-8-11)18-14-6-4-3-5-13(14)16;1-10(16)11-6-8-12(9-7-11)17-14-5-3-2-4-13(14)15;1-6(10)7-2-4-8(9)5-3-7;7-5-3-1-2-4-6(5)8;;/h3-10H,1-2H3;3-10,17H,1-2H3;3-10,17H,1-2H3;2-9H,1H3;2-5H,1H3;1-4,8H;1H3;/q;;;;;;-1;+1. The summed E-state index contributed by atoms with van der Waals surface area (Å²) in [7, 11) is -7.33. The van der Waals surface area contributed by atoms with Gasteiger partial charge in [-0.1, -0.05) is 191 Å². The van der Waals surface area contributed by atoms with Gasteiger partial charge in [0, 0.05) is 35.6 Å². The molecule has 0 saturated carbocycles. The van der Waals surface area contributed by atoms with E-state index in [0.29, 0.717) is 21.7 Å². The van der Waals surface area contributed by atoms with Crippen LogP contribution in [0, 0.1) is 13.2 Å². The number of carbonyl (C=O) groups is 2. The third kappa shape index (κ3) is 26.6. The molecule has 95 heavy (non-hydrogen) atoms. The van der Waals surface area contributed by atoms with Crippen molar-refractivity contribution < 1.29 is 64.3 Å². The van der Waals surface area contributed by atoms with E-state index in [9.17, 15) is 45.4 Å². The zero-order valence-corrected chi connectivity index (χ0v) is 61.6. The van der Waals surface area contributed by atoms with E-state index in [0.717, 1.165) is 45.6 Å². The van der Waals surface area contributed by atoms with Gasteiger partial charge in [-0.15, -0.1) is 12.6 Å². The van der Waals surface area contributed by atoms with Crippen LogP contribution >= 0.6 is 94.2 Å². The molecule has 0 heterocycles. The van der Waals surface area contributed by atoms with E-state index in [1.165, 1.54) is 99.6 Å². The molecule has 0 fully saturated rings. The van der Waals surface area contributed by atoms with Gasteiger partial charge in [-0.25, -0.2) is 25.6 Å². The monoisotopic (exact) mass is 1470 g/mol. The third-order valence-electron chi connectivity index (χ3n) is 13.0. The van der Waals surface area contributed by atoms with Gasteiger partial charge in [0.05, 0.1) is 55.9 Å². The normalized spacial score (nSPS) is 11.0. The Labute approximate surface area is 609 Å². The molecule has 0 saturated heterocycles. The van der Waals surface area contributed by atoms with Crippen molar-refractivity contribution in [3.8, 4) is 0 Å². The van der Waals surface area contributed by atoms with Gasteiger partial charge in [0.15, 0.2) is 11.6 Å². The molecule has 0 aliphatic heterocycles. The fourth-order valence-corrected chi connectivity index (χ4v) is 13.8. The maximum atomic E-state index is 13.8. The van der Waals surface area contributed by atoms with E-state index in [1.54, 1.807) is 101 Å². The minimum absolute atomic E-state index is 0.